The van der Waals surface area contributed by atoms with Crippen molar-refractivity contribution < 1.29 is 23.9 Å². The van der Waals surface area contributed by atoms with E-state index in [9.17, 15) is 14.4 Å². The van der Waals surface area contributed by atoms with E-state index >= 15 is 0 Å². The molecular formula is C30H31N3O5. The van der Waals surface area contributed by atoms with Gasteiger partial charge in [-0.2, -0.15) is 0 Å². The van der Waals surface area contributed by atoms with E-state index < -0.39 is 5.91 Å². The molecule has 1 N–H and O–H groups in total. The van der Waals surface area contributed by atoms with Gasteiger partial charge in [-0.15, -0.1) is 0 Å². The molecule has 1 heterocycles. The van der Waals surface area contributed by atoms with Crippen LogP contribution in [0, 0.1) is 0 Å². The second-order valence-corrected chi connectivity index (χ2v) is 8.84. The molecule has 1 saturated heterocycles. The lowest BCUT2D eigenvalue weighted by Gasteiger charge is -2.36. The molecule has 0 unspecified atom stereocenters. The second kappa shape index (κ2) is 12.1. The summed E-state index contributed by atoms with van der Waals surface area (Å²) in [5.74, 6) is 0.0866. The number of nitrogens with one attached hydrogen (secondary N) is 1. The zero-order valence-corrected chi connectivity index (χ0v) is 21.8. The summed E-state index contributed by atoms with van der Waals surface area (Å²) in [6, 6.07) is 21.8. The minimum Gasteiger partial charge on any atom is -0.493 e. The molecule has 1 aliphatic rings. The maximum Gasteiger partial charge on any atom is 0.261 e. The minimum absolute atomic E-state index is 0.000308. The van der Waals surface area contributed by atoms with Crippen LogP contribution in [0.15, 0.2) is 78.4 Å². The quantitative estimate of drug-likeness (QED) is 0.209. The van der Waals surface area contributed by atoms with E-state index in [0.717, 1.165) is 5.69 Å². The highest BCUT2D eigenvalue weighted by atomic mass is 16.5. The first-order chi connectivity index (χ1) is 18.4. The highest BCUT2D eigenvalue weighted by Gasteiger charge is 2.28. The number of para-hydroxylation sites is 2. The van der Waals surface area contributed by atoms with Crippen LogP contribution >= 0.6 is 0 Å². The fourth-order valence-corrected chi connectivity index (χ4v) is 4.37. The van der Waals surface area contributed by atoms with Crippen molar-refractivity contribution in [3.05, 3.63) is 89.5 Å². The van der Waals surface area contributed by atoms with Crippen molar-refractivity contribution in [2.75, 3.05) is 50.6 Å². The van der Waals surface area contributed by atoms with E-state index in [1.54, 1.807) is 48.2 Å². The Morgan fingerprint density at radius 3 is 2.11 bits per heavy atom. The molecule has 0 spiro atoms. The molecule has 1 aliphatic heterocycles. The lowest BCUT2D eigenvalue weighted by Crippen LogP contribution is -2.50. The molecule has 0 saturated carbocycles. The highest BCUT2D eigenvalue weighted by Crippen LogP contribution is 2.32. The molecule has 0 atom stereocenters. The van der Waals surface area contributed by atoms with Gasteiger partial charge in [-0.25, -0.2) is 0 Å². The monoisotopic (exact) mass is 513 g/mol. The number of anilines is 2. The summed E-state index contributed by atoms with van der Waals surface area (Å²) in [5.41, 5.74) is 2.80. The van der Waals surface area contributed by atoms with Crippen molar-refractivity contribution >= 4 is 35.0 Å². The molecule has 0 aromatic heterocycles. The Morgan fingerprint density at radius 2 is 1.50 bits per heavy atom. The molecule has 0 bridgehead atoms. The van der Waals surface area contributed by atoms with Crippen LogP contribution in [0.25, 0.3) is 6.08 Å². The largest absolute Gasteiger partial charge is 0.493 e. The molecule has 38 heavy (non-hydrogen) atoms. The Labute approximate surface area is 222 Å². The maximum absolute atomic E-state index is 13.7. The first-order valence-corrected chi connectivity index (χ1v) is 12.4. The van der Waals surface area contributed by atoms with Crippen LogP contribution in [0.3, 0.4) is 0 Å². The van der Waals surface area contributed by atoms with Gasteiger partial charge in [0.2, 0.25) is 0 Å². The van der Waals surface area contributed by atoms with Crippen LogP contribution in [0.2, 0.25) is 0 Å². The summed E-state index contributed by atoms with van der Waals surface area (Å²) in [7, 11) is 3.05. The normalized spacial score (nSPS) is 13.6. The third-order valence-electron chi connectivity index (χ3n) is 6.45. The first-order valence-electron chi connectivity index (χ1n) is 12.4. The van der Waals surface area contributed by atoms with Gasteiger partial charge in [0.15, 0.2) is 17.3 Å². The lowest BCUT2D eigenvalue weighted by molar-refractivity contribution is -0.129. The van der Waals surface area contributed by atoms with Crippen molar-refractivity contribution in [3.63, 3.8) is 0 Å². The van der Waals surface area contributed by atoms with Crippen LogP contribution in [0.5, 0.6) is 11.5 Å². The average Bonchev–Trinajstić information content (AvgIpc) is 2.95. The summed E-state index contributed by atoms with van der Waals surface area (Å²) < 4.78 is 10.9. The number of benzene rings is 3. The number of Topliss-reactive ketones (excluding diaryl/α,β-unsaturated/α-hetero) is 1. The van der Waals surface area contributed by atoms with E-state index in [4.69, 9.17) is 9.47 Å². The van der Waals surface area contributed by atoms with Crippen molar-refractivity contribution in [2.24, 2.45) is 0 Å². The smallest absolute Gasteiger partial charge is 0.261 e. The van der Waals surface area contributed by atoms with E-state index in [-0.39, 0.29) is 17.3 Å². The Morgan fingerprint density at radius 1 is 0.816 bits per heavy atom. The molecule has 3 aromatic carbocycles. The Bertz CT molecular complexity index is 1330. The van der Waals surface area contributed by atoms with Gasteiger partial charge in [0, 0.05) is 48.7 Å². The number of carbonyl (C=O) groups is 3. The van der Waals surface area contributed by atoms with Crippen molar-refractivity contribution in [3.8, 4) is 11.5 Å². The number of hydrogen-bond donors (Lipinski definition) is 1. The summed E-state index contributed by atoms with van der Waals surface area (Å²) in [6.07, 6.45) is 1.55. The van der Waals surface area contributed by atoms with Crippen LogP contribution in [-0.4, -0.2) is 62.9 Å². The number of ketones is 1. The third-order valence-corrected chi connectivity index (χ3v) is 6.45. The molecule has 3 aromatic rings. The zero-order valence-electron chi connectivity index (χ0n) is 21.8. The zero-order chi connectivity index (χ0) is 27.1. The van der Waals surface area contributed by atoms with Crippen molar-refractivity contribution in [2.45, 2.75) is 6.92 Å². The number of carbonyl (C=O) groups excluding carboxylic acids is 3. The molecule has 4 rings (SSSR count). The standard InChI is InChI=1S/C30H31N3O5/c1-21(34)22-12-14-25(15-13-22)32-16-18-33(19-17-32)30(36)26(29(35)31-24-9-5-4-6-10-24)20-23-8-7-11-27(37-2)28(23)38-3/h4-15,20H,16-19H2,1-3H3,(H,31,35)/b26-20+. The predicted octanol–water partition coefficient (Wildman–Crippen LogP) is 4.28. The van der Waals surface area contributed by atoms with Gasteiger partial charge in [-0.1, -0.05) is 30.3 Å². The van der Waals surface area contributed by atoms with E-state index in [2.05, 4.69) is 10.2 Å². The van der Waals surface area contributed by atoms with Crippen LogP contribution in [0.1, 0.15) is 22.8 Å². The summed E-state index contributed by atoms with van der Waals surface area (Å²) in [5, 5.41) is 2.83. The van der Waals surface area contributed by atoms with Gasteiger partial charge in [0.25, 0.3) is 11.8 Å². The van der Waals surface area contributed by atoms with Crippen LogP contribution in [-0.2, 0) is 9.59 Å². The molecular weight excluding hydrogens is 482 g/mol. The number of ether oxygens (including phenoxy) is 2. The number of amides is 2. The fraction of sp³-hybridized carbons (Fsp3) is 0.233. The molecule has 8 heteroatoms. The number of nitrogens with zero attached hydrogens (tertiary/aromatic N) is 2. The molecule has 196 valence electrons. The Balaban J connectivity index is 1.57. The van der Waals surface area contributed by atoms with Gasteiger partial charge >= 0.3 is 0 Å². The number of hydrogen-bond acceptors (Lipinski definition) is 6. The number of rotatable bonds is 8. The third kappa shape index (κ3) is 6.03. The van der Waals surface area contributed by atoms with E-state index in [1.165, 1.54) is 14.2 Å². The molecule has 1 fully saturated rings. The first kappa shape index (κ1) is 26.5. The average molecular weight is 514 g/mol. The minimum atomic E-state index is -0.506. The SMILES string of the molecule is COc1cccc(/C=C(\C(=O)Nc2ccccc2)C(=O)N2CCN(c3ccc(C(C)=O)cc3)CC2)c1OC. The summed E-state index contributed by atoms with van der Waals surface area (Å²) in [6.45, 7) is 3.62. The predicted molar refractivity (Wildman–Crippen MR) is 148 cm³/mol. The Kier molecular flexibility index (Phi) is 8.43. The topological polar surface area (TPSA) is 88.2 Å². The van der Waals surface area contributed by atoms with Gasteiger partial charge < -0.3 is 24.6 Å². The van der Waals surface area contributed by atoms with Crippen LogP contribution < -0.4 is 19.7 Å². The fourth-order valence-electron chi connectivity index (χ4n) is 4.37. The highest BCUT2D eigenvalue weighted by molar-refractivity contribution is 6.25. The molecule has 2 amide bonds. The van der Waals surface area contributed by atoms with Gasteiger partial charge in [0.05, 0.1) is 14.2 Å². The Hall–Kier alpha value is -4.59. The molecule has 8 nitrogen and oxygen atoms in total. The number of methoxy groups -OCH3 is 2. The lowest BCUT2D eigenvalue weighted by atomic mass is 10.1. The summed E-state index contributed by atoms with van der Waals surface area (Å²) in [4.78, 5) is 42.5. The number of piperazine rings is 1. The van der Waals surface area contributed by atoms with Crippen LogP contribution in [0.4, 0.5) is 11.4 Å². The second-order valence-electron chi connectivity index (χ2n) is 8.84. The maximum atomic E-state index is 13.7. The van der Waals surface area contributed by atoms with E-state index in [0.29, 0.717) is 54.5 Å². The van der Waals surface area contributed by atoms with Gasteiger partial charge in [0.1, 0.15) is 5.57 Å². The van der Waals surface area contributed by atoms with Crippen molar-refractivity contribution in [1.29, 1.82) is 0 Å². The summed E-state index contributed by atoms with van der Waals surface area (Å²) >= 11 is 0. The molecule has 0 aliphatic carbocycles. The van der Waals surface area contributed by atoms with Crippen molar-refractivity contribution in [1.82, 2.24) is 4.90 Å². The van der Waals surface area contributed by atoms with E-state index in [1.807, 2.05) is 42.5 Å². The molecule has 0 radical (unpaired) electrons. The van der Waals surface area contributed by atoms with Gasteiger partial charge in [-0.3, -0.25) is 14.4 Å². The van der Waals surface area contributed by atoms with Gasteiger partial charge in [-0.05, 0) is 55.5 Å².